The maximum absolute atomic E-state index is 11.3. The van der Waals surface area contributed by atoms with Gasteiger partial charge in [0, 0.05) is 23.0 Å². The predicted octanol–water partition coefficient (Wildman–Crippen LogP) is 3.07. The summed E-state index contributed by atoms with van der Waals surface area (Å²) in [7, 11) is 0. The van der Waals surface area contributed by atoms with Crippen molar-refractivity contribution in [1.29, 1.82) is 0 Å². The maximum atomic E-state index is 11.3. The van der Waals surface area contributed by atoms with Crippen LogP contribution in [0.2, 0.25) is 0 Å². The topological polar surface area (TPSA) is 55.1 Å². The summed E-state index contributed by atoms with van der Waals surface area (Å²) < 4.78 is 0. The highest BCUT2D eigenvalue weighted by molar-refractivity contribution is 5.99. The normalized spacial score (nSPS) is 16.6. The van der Waals surface area contributed by atoms with Gasteiger partial charge in [0.25, 0.3) is 0 Å². The highest BCUT2D eigenvalue weighted by Crippen LogP contribution is 2.34. The summed E-state index contributed by atoms with van der Waals surface area (Å²) in [4.78, 5) is 11.3. The first-order chi connectivity index (χ1) is 8.06. The van der Waals surface area contributed by atoms with Crippen LogP contribution in [0.25, 0.3) is 0 Å². The molecule has 1 aromatic rings. The molecule has 1 fully saturated rings. The van der Waals surface area contributed by atoms with Crippen LogP contribution < -0.4 is 11.1 Å². The highest BCUT2D eigenvalue weighted by Gasteiger charge is 2.23. The van der Waals surface area contributed by atoms with Gasteiger partial charge in [-0.3, -0.25) is 4.79 Å². The number of anilines is 2. The minimum absolute atomic E-state index is 0.0140. The fourth-order valence-electron chi connectivity index (χ4n) is 2.17. The van der Waals surface area contributed by atoms with Crippen molar-refractivity contribution in [1.82, 2.24) is 0 Å². The van der Waals surface area contributed by atoms with Gasteiger partial charge in [-0.25, -0.2) is 0 Å². The smallest absolute Gasteiger partial charge is 0.161 e. The van der Waals surface area contributed by atoms with Crippen LogP contribution in [0.4, 0.5) is 11.4 Å². The van der Waals surface area contributed by atoms with Gasteiger partial charge in [0.2, 0.25) is 0 Å². The molecule has 2 rings (SSSR count). The Morgan fingerprint density at radius 3 is 2.76 bits per heavy atom. The Morgan fingerprint density at radius 1 is 1.53 bits per heavy atom. The molecule has 0 radical (unpaired) electrons. The number of nitrogens with one attached hydrogen (secondary N) is 1. The van der Waals surface area contributed by atoms with Crippen LogP contribution in [0, 0.1) is 5.92 Å². The van der Waals surface area contributed by atoms with E-state index in [1.165, 1.54) is 26.2 Å². The van der Waals surface area contributed by atoms with Gasteiger partial charge >= 0.3 is 0 Å². The lowest BCUT2D eigenvalue weighted by Crippen LogP contribution is -2.16. The number of carbonyl (C=O) groups excluding carboxylic acids is 1. The molecule has 1 unspecified atom stereocenters. The Hall–Kier alpha value is -1.51. The van der Waals surface area contributed by atoms with E-state index in [2.05, 4.69) is 12.2 Å². The van der Waals surface area contributed by atoms with E-state index in [0.717, 1.165) is 11.6 Å². The lowest BCUT2D eigenvalue weighted by atomic mass is 10.1. The van der Waals surface area contributed by atoms with Gasteiger partial charge in [0.05, 0.1) is 0 Å². The third kappa shape index (κ3) is 3.22. The molecule has 1 saturated carbocycles. The summed E-state index contributed by atoms with van der Waals surface area (Å²) in [6.45, 7) is 3.72. The number of ketones is 1. The number of nitrogen functional groups attached to an aromatic ring is 1. The Morgan fingerprint density at radius 2 is 2.24 bits per heavy atom. The molecule has 0 aliphatic heterocycles. The molecule has 0 bridgehead atoms. The van der Waals surface area contributed by atoms with Gasteiger partial charge in [0.15, 0.2) is 5.78 Å². The standard InChI is InChI=1S/C14H20N2O/c1-9(7-11-3-4-11)16-12-5-6-13(10(2)17)14(15)8-12/h5-6,8-9,11,16H,3-4,7,15H2,1-2H3. The molecule has 0 spiro atoms. The Labute approximate surface area is 102 Å². The third-order valence-corrected chi connectivity index (χ3v) is 3.23. The number of Topliss-reactive ketones (excluding diaryl/α,β-unsaturated/α-hetero) is 1. The summed E-state index contributed by atoms with van der Waals surface area (Å²) in [6, 6.07) is 6.03. The van der Waals surface area contributed by atoms with Crippen LogP contribution in [0.1, 0.15) is 43.5 Å². The molecule has 0 aromatic heterocycles. The van der Waals surface area contributed by atoms with E-state index >= 15 is 0 Å². The summed E-state index contributed by atoms with van der Waals surface area (Å²) in [5.41, 5.74) is 8.01. The van der Waals surface area contributed by atoms with Crippen molar-refractivity contribution in [3.8, 4) is 0 Å². The Kier molecular flexibility index (Phi) is 3.36. The van der Waals surface area contributed by atoms with Crippen molar-refractivity contribution in [2.24, 2.45) is 5.92 Å². The van der Waals surface area contributed by atoms with Gasteiger partial charge in [-0.2, -0.15) is 0 Å². The van der Waals surface area contributed by atoms with Crippen LogP contribution in [0.5, 0.6) is 0 Å². The minimum Gasteiger partial charge on any atom is -0.398 e. The van der Waals surface area contributed by atoms with E-state index in [-0.39, 0.29) is 5.78 Å². The van der Waals surface area contributed by atoms with Crippen LogP contribution >= 0.6 is 0 Å². The van der Waals surface area contributed by atoms with Gasteiger partial charge < -0.3 is 11.1 Å². The van der Waals surface area contributed by atoms with Gasteiger partial charge in [-0.15, -0.1) is 0 Å². The molecule has 0 heterocycles. The first-order valence-electron chi connectivity index (χ1n) is 6.23. The fraction of sp³-hybridized carbons (Fsp3) is 0.500. The first-order valence-corrected chi connectivity index (χ1v) is 6.23. The molecule has 1 aliphatic rings. The zero-order valence-electron chi connectivity index (χ0n) is 10.5. The van der Waals surface area contributed by atoms with Crippen LogP contribution in [-0.4, -0.2) is 11.8 Å². The third-order valence-electron chi connectivity index (χ3n) is 3.23. The number of nitrogens with two attached hydrogens (primary N) is 1. The molecular formula is C14H20N2O. The quantitative estimate of drug-likeness (QED) is 0.606. The van der Waals surface area contributed by atoms with Gasteiger partial charge in [0.1, 0.15) is 0 Å². The summed E-state index contributed by atoms with van der Waals surface area (Å²) in [5.74, 6) is 0.923. The largest absolute Gasteiger partial charge is 0.398 e. The number of hydrogen-bond acceptors (Lipinski definition) is 3. The van der Waals surface area contributed by atoms with Crippen LogP contribution in [0.15, 0.2) is 18.2 Å². The molecule has 0 amide bonds. The van der Waals surface area contributed by atoms with Crippen LogP contribution in [0.3, 0.4) is 0 Å². The summed E-state index contributed by atoms with van der Waals surface area (Å²) in [5, 5.41) is 3.43. The zero-order chi connectivity index (χ0) is 12.4. The van der Waals surface area contributed by atoms with Crippen molar-refractivity contribution in [3.63, 3.8) is 0 Å². The monoisotopic (exact) mass is 232 g/mol. The minimum atomic E-state index is 0.0140. The van der Waals surface area contributed by atoms with E-state index in [4.69, 9.17) is 5.73 Å². The lowest BCUT2D eigenvalue weighted by Gasteiger charge is -2.15. The number of carbonyl (C=O) groups is 1. The fourth-order valence-corrected chi connectivity index (χ4v) is 2.17. The summed E-state index contributed by atoms with van der Waals surface area (Å²) >= 11 is 0. The van der Waals surface area contributed by atoms with Crippen molar-refractivity contribution < 1.29 is 4.79 Å². The molecular weight excluding hydrogens is 212 g/mol. The van der Waals surface area contributed by atoms with E-state index in [0.29, 0.717) is 17.3 Å². The van der Waals surface area contributed by atoms with E-state index in [1.807, 2.05) is 12.1 Å². The molecule has 1 atom stereocenters. The van der Waals surface area contributed by atoms with Crippen molar-refractivity contribution >= 4 is 17.2 Å². The molecule has 1 aliphatic carbocycles. The van der Waals surface area contributed by atoms with Crippen LogP contribution in [-0.2, 0) is 0 Å². The number of rotatable bonds is 5. The maximum Gasteiger partial charge on any atom is 0.161 e. The van der Waals surface area contributed by atoms with E-state index in [9.17, 15) is 4.79 Å². The van der Waals surface area contributed by atoms with E-state index < -0.39 is 0 Å². The highest BCUT2D eigenvalue weighted by atomic mass is 16.1. The second-order valence-electron chi connectivity index (χ2n) is 5.08. The number of benzene rings is 1. The molecule has 17 heavy (non-hydrogen) atoms. The average molecular weight is 232 g/mol. The zero-order valence-corrected chi connectivity index (χ0v) is 10.5. The van der Waals surface area contributed by atoms with Crippen molar-refractivity contribution in [2.75, 3.05) is 11.1 Å². The molecule has 1 aromatic carbocycles. The second-order valence-corrected chi connectivity index (χ2v) is 5.08. The Balaban J connectivity index is 2.00. The van der Waals surface area contributed by atoms with Crippen molar-refractivity contribution in [3.05, 3.63) is 23.8 Å². The van der Waals surface area contributed by atoms with Gasteiger partial charge in [-0.05, 0) is 44.4 Å². The first kappa shape index (κ1) is 12.0. The predicted molar refractivity (Wildman–Crippen MR) is 71.3 cm³/mol. The molecule has 0 saturated heterocycles. The Bertz CT molecular complexity index is 424. The molecule has 92 valence electrons. The SMILES string of the molecule is CC(=O)c1ccc(NC(C)CC2CC2)cc1N. The average Bonchev–Trinajstić information content (AvgIpc) is 3.00. The van der Waals surface area contributed by atoms with Gasteiger partial charge in [-0.1, -0.05) is 12.8 Å². The second kappa shape index (κ2) is 4.78. The van der Waals surface area contributed by atoms with Crippen molar-refractivity contribution in [2.45, 2.75) is 39.2 Å². The lowest BCUT2D eigenvalue weighted by molar-refractivity contribution is 0.101. The molecule has 3 heteroatoms. The van der Waals surface area contributed by atoms with E-state index in [1.54, 1.807) is 6.07 Å². The molecule has 3 nitrogen and oxygen atoms in total. The molecule has 3 N–H and O–H groups in total. The number of hydrogen-bond donors (Lipinski definition) is 2. The summed E-state index contributed by atoms with van der Waals surface area (Å²) in [6.07, 6.45) is 3.96.